The van der Waals surface area contributed by atoms with Crippen LogP contribution >= 0.6 is 0 Å². The summed E-state index contributed by atoms with van der Waals surface area (Å²) in [6, 6.07) is 67.8. The van der Waals surface area contributed by atoms with Crippen LogP contribution in [0.5, 0.6) is 11.5 Å². The van der Waals surface area contributed by atoms with E-state index in [1.165, 1.54) is 61.3 Å². The first-order chi connectivity index (χ1) is 37.0. The van der Waals surface area contributed by atoms with Crippen molar-refractivity contribution in [1.82, 2.24) is 18.9 Å². The molecule has 0 amide bonds. The highest BCUT2D eigenvalue weighted by Crippen LogP contribution is 2.45. The minimum absolute atomic E-state index is 0.255. The van der Waals surface area contributed by atoms with Crippen LogP contribution in [0.2, 0.25) is 0 Å². The van der Waals surface area contributed by atoms with Gasteiger partial charge in [0.2, 0.25) is 0 Å². The molecule has 76 heavy (non-hydrogen) atoms. The van der Waals surface area contributed by atoms with Crippen LogP contribution in [0.4, 0.5) is 0 Å². The molecule has 0 aliphatic heterocycles. The molecule has 0 bridgehead atoms. The lowest BCUT2D eigenvalue weighted by Crippen LogP contribution is -2.09. The van der Waals surface area contributed by atoms with Crippen molar-refractivity contribution in [1.29, 1.82) is 0 Å². The van der Waals surface area contributed by atoms with Gasteiger partial charge in [-0.25, -0.2) is 9.97 Å². The first kappa shape index (κ1) is 47.0. The lowest BCUT2D eigenvalue weighted by Gasteiger charge is -2.24. The fraction of sp³-hybridized carbons (Fsp3) is 0.171. The van der Waals surface area contributed by atoms with Gasteiger partial charge in [-0.05, 0) is 157 Å². The lowest BCUT2D eigenvalue weighted by molar-refractivity contribution is 0.483. The highest BCUT2D eigenvalue weighted by atomic mass is 16.5. The zero-order valence-corrected chi connectivity index (χ0v) is 44.4. The van der Waals surface area contributed by atoms with Gasteiger partial charge in [0.25, 0.3) is 0 Å². The average Bonchev–Trinajstić information content (AvgIpc) is 4.18. The maximum atomic E-state index is 6.94. The number of hydrogen-bond donors (Lipinski definition) is 0. The van der Waals surface area contributed by atoms with Crippen molar-refractivity contribution in [3.8, 4) is 62.0 Å². The van der Waals surface area contributed by atoms with Crippen molar-refractivity contribution >= 4 is 60.4 Å². The Labute approximate surface area is 443 Å². The second-order valence-corrected chi connectivity index (χ2v) is 21.8. The Hall–Kier alpha value is -8.74. The van der Waals surface area contributed by atoms with E-state index < -0.39 is 0 Å². The van der Waals surface area contributed by atoms with Crippen molar-refractivity contribution in [2.24, 2.45) is 0 Å². The van der Waals surface area contributed by atoms with E-state index >= 15 is 0 Å². The summed E-state index contributed by atoms with van der Waals surface area (Å²) in [7, 11) is 0. The summed E-state index contributed by atoms with van der Waals surface area (Å²) in [6.07, 6.45) is 1.76. The number of imidazole rings is 2. The van der Waals surface area contributed by atoms with Crippen LogP contribution in [0.1, 0.15) is 101 Å². The molecule has 4 aromatic heterocycles. The van der Waals surface area contributed by atoms with Gasteiger partial charge in [0, 0.05) is 27.8 Å². The molecular formula is C70H60N4O2. The number of nitrogens with zero attached hydrogens (tertiary/aromatic N) is 4. The third kappa shape index (κ3) is 7.94. The Morgan fingerprint density at radius 3 is 1.68 bits per heavy atom. The summed E-state index contributed by atoms with van der Waals surface area (Å²) in [6.45, 7) is 18.4. The second-order valence-electron chi connectivity index (χ2n) is 21.8. The van der Waals surface area contributed by atoms with E-state index in [4.69, 9.17) is 19.1 Å². The molecule has 372 valence electrons. The van der Waals surface area contributed by atoms with Crippen LogP contribution in [0.25, 0.3) is 111 Å². The summed E-state index contributed by atoms with van der Waals surface area (Å²) in [5, 5.41) is 4.29. The van der Waals surface area contributed by atoms with Crippen LogP contribution in [-0.4, -0.2) is 18.9 Å². The number of furan rings is 1. The van der Waals surface area contributed by atoms with Crippen LogP contribution in [0.15, 0.2) is 199 Å². The molecule has 4 heterocycles. The largest absolute Gasteiger partial charge is 0.464 e. The molecule has 0 saturated carbocycles. The zero-order valence-electron chi connectivity index (χ0n) is 44.4. The van der Waals surface area contributed by atoms with Gasteiger partial charge in [0.1, 0.15) is 28.6 Å². The quantitative estimate of drug-likeness (QED) is 0.121. The first-order valence-electron chi connectivity index (χ1n) is 26.9. The topological polar surface area (TPSA) is 57.5 Å². The number of fused-ring (bicyclic) bond motifs is 10. The number of para-hydroxylation sites is 2. The SMILES string of the molecule is CC(C)c1cc(-c2ccccc2)cc(C(C)C)c1-c1ccc2c3ccc(Oc4cccc(-c5nc6ccccc6n5-c5c(C(C)C)cc(-c6ccccc6)cc5C(C)C)c4)cc3c3nc4cc5occc5cc4n3c2c1. The summed E-state index contributed by atoms with van der Waals surface area (Å²) >= 11 is 0. The highest BCUT2D eigenvalue weighted by molar-refractivity contribution is 6.15. The van der Waals surface area contributed by atoms with Crippen molar-refractivity contribution in [2.45, 2.75) is 79.1 Å². The van der Waals surface area contributed by atoms with Gasteiger partial charge < -0.3 is 9.15 Å². The molecule has 0 spiro atoms. The van der Waals surface area contributed by atoms with E-state index in [0.717, 1.165) is 83.2 Å². The predicted molar refractivity (Wildman–Crippen MR) is 317 cm³/mol. The number of aromatic nitrogens is 4. The predicted octanol–water partition coefficient (Wildman–Crippen LogP) is 19.8. The van der Waals surface area contributed by atoms with Crippen molar-refractivity contribution in [3.63, 3.8) is 0 Å². The molecule has 0 saturated heterocycles. The van der Waals surface area contributed by atoms with E-state index in [0.29, 0.717) is 11.8 Å². The molecule has 0 atom stereocenters. The Morgan fingerprint density at radius 2 is 1.01 bits per heavy atom. The van der Waals surface area contributed by atoms with E-state index in [1.807, 2.05) is 12.1 Å². The van der Waals surface area contributed by atoms with Gasteiger partial charge in [-0.15, -0.1) is 0 Å². The monoisotopic (exact) mass is 988 g/mol. The maximum Gasteiger partial charge on any atom is 0.146 e. The summed E-state index contributed by atoms with van der Waals surface area (Å²) in [5.74, 6) is 3.44. The van der Waals surface area contributed by atoms with E-state index in [2.05, 4.69) is 240 Å². The molecule has 13 aromatic rings. The molecule has 0 aliphatic carbocycles. The van der Waals surface area contributed by atoms with Crippen LogP contribution in [-0.2, 0) is 0 Å². The lowest BCUT2D eigenvalue weighted by atomic mass is 9.82. The van der Waals surface area contributed by atoms with Crippen molar-refractivity contribution < 1.29 is 9.15 Å². The number of rotatable bonds is 11. The van der Waals surface area contributed by atoms with Gasteiger partial charge in [0.05, 0.1) is 39.5 Å². The highest BCUT2D eigenvalue weighted by Gasteiger charge is 2.25. The number of ether oxygens (including phenoxy) is 1. The third-order valence-electron chi connectivity index (χ3n) is 15.5. The molecule has 6 heteroatoms. The maximum absolute atomic E-state index is 6.94. The average molecular weight is 989 g/mol. The van der Waals surface area contributed by atoms with Gasteiger partial charge in [-0.3, -0.25) is 8.97 Å². The first-order valence-corrected chi connectivity index (χ1v) is 26.9. The van der Waals surface area contributed by atoms with Crippen LogP contribution in [0.3, 0.4) is 0 Å². The molecule has 0 radical (unpaired) electrons. The molecule has 0 N–H and O–H groups in total. The minimum Gasteiger partial charge on any atom is -0.464 e. The second kappa shape index (κ2) is 18.6. The Balaban J connectivity index is 0.958. The Bertz CT molecular complexity index is 4320. The molecule has 0 unspecified atom stereocenters. The molecule has 0 aliphatic rings. The third-order valence-corrected chi connectivity index (χ3v) is 15.5. The Morgan fingerprint density at radius 1 is 0.408 bits per heavy atom. The van der Waals surface area contributed by atoms with Gasteiger partial charge in [-0.1, -0.05) is 165 Å². The summed E-state index contributed by atoms with van der Waals surface area (Å²) in [5.41, 5.74) is 21.6. The standard InChI is InChI=1S/C70H60N4O2/c1-41(2)56-33-50(45-18-11-9-12-19-45)34-57(42(3)4)67(56)48-26-28-55-54-29-27-53(39-60(54)70-72-62-40-66-47(30-31-75-66)37-65(62)73(70)64(55)38-48)76-52-23-17-22-49(32-52)69-71-61-24-15-16-25-63(61)74(69)68-58(43(5)6)35-51(36-59(68)44(7)8)46-20-13-10-14-21-46/h9-44H,1-8H3. The normalized spacial score (nSPS) is 12.2. The van der Waals surface area contributed by atoms with E-state index in [1.54, 1.807) is 6.26 Å². The summed E-state index contributed by atoms with van der Waals surface area (Å²) in [4.78, 5) is 10.8. The van der Waals surface area contributed by atoms with Gasteiger partial charge >= 0.3 is 0 Å². The molecule has 0 fully saturated rings. The minimum atomic E-state index is 0.255. The fourth-order valence-corrected chi connectivity index (χ4v) is 11.7. The number of benzene rings is 9. The van der Waals surface area contributed by atoms with Crippen molar-refractivity contribution in [3.05, 3.63) is 217 Å². The smallest absolute Gasteiger partial charge is 0.146 e. The van der Waals surface area contributed by atoms with Gasteiger partial charge in [0.15, 0.2) is 0 Å². The van der Waals surface area contributed by atoms with Crippen LogP contribution < -0.4 is 4.74 Å². The van der Waals surface area contributed by atoms with Crippen molar-refractivity contribution in [2.75, 3.05) is 0 Å². The number of pyridine rings is 1. The zero-order chi connectivity index (χ0) is 51.9. The summed E-state index contributed by atoms with van der Waals surface area (Å²) < 4.78 is 17.6. The molecule has 9 aromatic carbocycles. The van der Waals surface area contributed by atoms with E-state index in [-0.39, 0.29) is 11.8 Å². The Kier molecular flexibility index (Phi) is 11.5. The van der Waals surface area contributed by atoms with Gasteiger partial charge in [-0.2, -0.15) is 0 Å². The molecular weight excluding hydrogens is 929 g/mol. The number of hydrogen-bond acceptors (Lipinski definition) is 4. The van der Waals surface area contributed by atoms with E-state index in [9.17, 15) is 0 Å². The molecule has 6 nitrogen and oxygen atoms in total. The fourth-order valence-electron chi connectivity index (χ4n) is 11.7. The van der Waals surface area contributed by atoms with Crippen LogP contribution in [0, 0.1) is 0 Å². The molecule has 13 rings (SSSR count).